The number of hydrogen-bond acceptors (Lipinski definition) is 9. The van der Waals surface area contributed by atoms with Crippen LogP contribution in [-0.2, 0) is 0 Å². The second kappa shape index (κ2) is 6.85. The number of ether oxygens (including phenoxy) is 2. The largest absolute Gasteiger partial charge is 0.491 e. The van der Waals surface area contributed by atoms with Gasteiger partial charge in [-0.3, -0.25) is 0 Å². The van der Waals surface area contributed by atoms with Gasteiger partial charge in [0.15, 0.2) is 10.9 Å². The fourth-order valence-electron chi connectivity index (χ4n) is 2.49. The summed E-state index contributed by atoms with van der Waals surface area (Å²) in [5.74, 6) is 1.07. The van der Waals surface area contributed by atoms with Crippen molar-refractivity contribution in [1.82, 2.24) is 20.2 Å². The number of hydrogen-bond donors (Lipinski definition) is 1. The molecule has 4 aromatic rings. The lowest BCUT2D eigenvalue weighted by Gasteiger charge is -2.08. The molecule has 0 atom stereocenters. The summed E-state index contributed by atoms with van der Waals surface area (Å²) in [4.78, 5) is 8.90. The number of pyridine rings is 1. The van der Waals surface area contributed by atoms with E-state index in [1.54, 1.807) is 31.8 Å². The Hall–Kier alpha value is -2.78. The normalized spacial score (nSPS) is 10.9. The van der Waals surface area contributed by atoms with E-state index in [0.29, 0.717) is 11.6 Å². The molecule has 26 heavy (non-hydrogen) atoms. The van der Waals surface area contributed by atoms with Gasteiger partial charge in [0, 0.05) is 11.8 Å². The molecular weight excluding hydrogens is 370 g/mol. The van der Waals surface area contributed by atoms with E-state index >= 15 is 0 Å². The van der Waals surface area contributed by atoms with Gasteiger partial charge >= 0.3 is 0 Å². The maximum absolute atomic E-state index is 5.34. The maximum Gasteiger partial charge on any atom is 0.256 e. The van der Waals surface area contributed by atoms with Crippen molar-refractivity contribution in [2.45, 2.75) is 6.92 Å². The Morgan fingerprint density at radius 1 is 0.962 bits per heavy atom. The van der Waals surface area contributed by atoms with Crippen molar-refractivity contribution in [3.63, 3.8) is 0 Å². The fourth-order valence-corrected chi connectivity index (χ4v) is 4.05. The molecule has 0 aliphatic rings. The molecule has 0 aliphatic heterocycles. The molecule has 0 fully saturated rings. The van der Waals surface area contributed by atoms with Gasteiger partial charge in [0.1, 0.15) is 5.01 Å². The molecule has 1 aromatic carbocycles. The molecule has 0 bridgehead atoms. The Morgan fingerprint density at radius 3 is 2.58 bits per heavy atom. The number of benzene rings is 1. The van der Waals surface area contributed by atoms with Crippen molar-refractivity contribution < 1.29 is 9.47 Å². The molecule has 1 N–H and O–H groups in total. The number of nitrogens with zero attached hydrogens (tertiary/aromatic N) is 4. The van der Waals surface area contributed by atoms with Crippen molar-refractivity contribution in [1.29, 1.82) is 0 Å². The number of aromatic nitrogens is 4. The standard InChI is InChI=1S/C17H15N5O2S2/c1-9-21-22-17(25-9)20-16-19-12-5-4-10(7-14(12)26-16)11-6-13(23-2)15(24-3)18-8-11/h4-8H,1-3H3,(H,19,20,22). The summed E-state index contributed by atoms with van der Waals surface area (Å²) < 4.78 is 11.6. The highest BCUT2D eigenvalue weighted by Crippen LogP contribution is 2.34. The number of thiazole rings is 1. The minimum absolute atomic E-state index is 0.467. The van der Waals surface area contributed by atoms with Crippen LogP contribution in [0, 0.1) is 6.92 Å². The summed E-state index contributed by atoms with van der Waals surface area (Å²) in [5, 5.41) is 13.7. The van der Waals surface area contributed by atoms with E-state index in [9.17, 15) is 0 Å². The summed E-state index contributed by atoms with van der Waals surface area (Å²) >= 11 is 3.07. The SMILES string of the molecule is COc1cc(-c2ccc3nc(Nc4nnc(C)s4)sc3c2)cnc1OC. The second-order valence-corrected chi connectivity index (χ2v) is 7.60. The second-order valence-electron chi connectivity index (χ2n) is 5.39. The van der Waals surface area contributed by atoms with Crippen LogP contribution in [0.15, 0.2) is 30.5 Å². The predicted molar refractivity (Wildman–Crippen MR) is 104 cm³/mol. The number of aryl methyl sites for hydroxylation is 1. The topological polar surface area (TPSA) is 82.0 Å². The lowest BCUT2D eigenvalue weighted by molar-refractivity contribution is 0.343. The van der Waals surface area contributed by atoms with Crippen LogP contribution in [0.4, 0.5) is 10.3 Å². The highest BCUT2D eigenvalue weighted by molar-refractivity contribution is 7.22. The third-order valence-corrected chi connectivity index (χ3v) is 5.38. The average Bonchev–Trinajstić information content (AvgIpc) is 3.25. The third kappa shape index (κ3) is 3.18. The number of nitrogens with one attached hydrogen (secondary N) is 1. The summed E-state index contributed by atoms with van der Waals surface area (Å²) in [5.41, 5.74) is 2.91. The highest BCUT2D eigenvalue weighted by atomic mass is 32.1. The summed E-state index contributed by atoms with van der Waals surface area (Å²) in [7, 11) is 3.17. The smallest absolute Gasteiger partial charge is 0.256 e. The molecule has 4 rings (SSSR count). The first kappa shape index (κ1) is 16.7. The van der Waals surface area contributed by atoms with Crippen molar-refractivity contribution in [3.05, 3.63) is 35.5 Å². The molecule has 3 heterocycles. The first-order chi connectivity index (χ1) is 12.7. The Morgan fingerprint density at radius 2 is 1.85 bits per heavy atom. The molecule has 3 aromatic heterocycles. The zero-order valence-electron chi connectivity index (χ0n) is 14.3. The first-order valence-corrected chi connectivity index (χ1v) is 9.35. The molecule has 0 aliphatic carbocycles. The zero-order valence-corrected chi connectivity index (χ0v) is 15.9. The fraction of sp³-hybridized carbons (Fsp3) is 0.176. The van der Waals surface area contributed by atoms with Gasteiger partial charge in [-0.1, -0.05) is 28.7 Å². The van der Waals surface area contributed by atoms with E-state index in [1.165, 1.54) is 11.3 Å². The van der Waals surface area contributed by atoms with Gasteiger partial charge in [0.05, 0.1) is 24.4 Å². The first-order valence-electron chi connectivity index (χ1n) is 7.72. The highest BCUT2D eigenvalue weighted by Gasteiger charge is 2.11. The van der Waals surface area contributed by atoms with Crippen LogP contribution < -0.4 is 14.8 Å². The monoisotopic (exact) mass is 385 g/mol. The third-order valence-electron chi connectivity index (χ3n) is 3.69. The number of rotatable bonds is 5. The molecule has 7 nitrogen and oxygen atoms in total. The minimum Gasteiger partial charge on any atom is -0.491 e. The van der Waals surface area contributed by atoms with Crippen molar-refractivity contribution in [3.8, 4) is 22.8 Å². The number of anilines is 2. The van der Waals surface area contributed by atoms with Crippen LogP contribution in [0.2, 0.25) is 0 Å². The molecule has 0 radical (unpaired) electrons. The molecule has 0 amide bonds. The predicted octanol–water partition coefficient (Wildman–Crippen LogP) is 4.28. The van der Waals surface area contributed by atoms with Crippen molar-refractivity contribution >= 4 is 43.2 Å². The Kier molecular flexibility index (Phi) is 4.39. The molecule has 0 saturated carbocycles. The van der Waals surface area contributed by atoms with E-state index in [4.69, 9.17) is 9.47 Å². The van der Waals surface area contributed by atoms with E-state index in [1.807, 2.05) is 25.1 Å². The van der Waals surface area contributed by atoms with Crippen LogP contribution in [-0.4, -0.2) is 34.4 Å². The molecule has 0 unspecified atom stereocenters. The number of fused-ring (bicyclic) bond motifs is 1. The van der Waals surface area contributed by atoms with Gasteiger partial charge < -0.3 is 14.8 Å². The molecule has 9 heteroatoms. The number of methoxy groups -OCH3 is 2. The van der Waals surface area contributed by atoms with Crippen LogP contribution in [0.1, 0.15) is 5.01 Å². The Bertz CT molecular complexity index is 1080. The zero-order chi connectivity index (χ0) is 18.1. The quantitative estimate of drug-likeness (QED) is 0.549. The summed E-state index contributed by atoms with van der Waals surface area (Å²) in [6, 6.07) is 8.02. The molecule has 132 valence electrons. The van der Waals surface area contributed by atoms with E-state index in [0.717, 1.165) is 36.6 Å². The van der Waals surface area contributed by atoms with Gasteiger partial charge in [-0.15, -0.1) is 10.2 Å². The van der Waals surface area contributed by atoms with Crippen molar-refractivity contribution in [2.75, 3.05) is 19.5 Å². The summed E-state index contributed by atoms with van der Waals surface area (Å²) in [6.45, 7) is 1.92. The Labute approximate surface area is 157 Å². The van der Waals surface area contributed by atoms with Crippen LogP contribution in [0.25, 0.3) is 21.3 Å². The van der Waals surface area contributed by atoms with Crippen LogP contribution in [0.5, 0.6) is 11.6 Å². The van der Waals surface area contributed by atoms with E-state index in [-0.39, 0.29) is 0 Å². The van der Waals surface area contributed by atoms with Gasteiger partial charge in [-0.05, 0) is 30.7 Å². The van der Waals surface area contributed by atoms with Crippen LogP contribution >= 0.6 is 22.7 Å². The van der Waals surface area contributed by atoms with Crippen molar-refractivity contribution in [2.24, 2.45) is 0 Å². The lowest BCUT2D eigenvalue weighted by Crippen LogP contribution is -1.93. The van der Waals surface area contributed by atoms with Crippen LogP contribution in [0.3, 0.4) is 0 Å². The molecular formula is C17H15N5O2S2. The maximum atomic E-state index is 5.34. The van der Waals surface area contributed by atoms with E-state index < -0.39 is 0 Å². The Balaban J connectivity index is 1.67. The lowest BCUT2D eigenvalue weighted by atomic mass is 10.1. The van der Waals surface area contributed by atoms with E-state index in [2.05, 4.69) is 31.5 Å². The van der Waals surface area contributed by atoms with Gasteiger partial charge in [0.2, 0.25) is 5.13 Å². The molecule has 0 saturated heterocycles. The van der Waals surface area contributed by atoms with Gasteiger partial charge in [-0.25, -0.2) is 9.97 Å². The minimum atomic E-state index is 0.467. The average molecular weight is 385 g/mol. The molecule has 0 spiro atoms. The van der Waals surface area contributed by atoms with Gasteiger partial charge in [-0.2, -0.15) is 0 Å². The summed E-state index contributed by atoms with van der Waals surface area (Å²) in [6.07, 6.45) is 1.77. The van der Waals surface area contributed by atoms with Gasteiger partial charge in [0.25, 0.3) is 5.88 Å².